The van der Waals surface area contributed by atoms with Gasteiger partial charge in [0.1, 0.15) is 12.4 Å². The van der Waals surface area contributed by atoms with Gasteiger partial charge in [-0.3, -0.25) is 9.59 Å². The summed E-state index contributed by atoms with van der Waals surface area (Å²) in [5, 5.41) is 0. The molecule has 1 atom stereocenters. The van der Waals surface area contributed by atoms with Crippen LogP contribution < -0.4 is 0 Å². The number of carbonyl (C=O) groups excluding carboxylic acids is 2. The lowest BCUT2D eigenvalue weighted by atomic mass is 9.92. The van der Waals surface area contributed by atoms with E-state index in [2.05, 4.69) is 0 Å². The van der Waals surface area contributed by atoms with E-state index < -0.39 is 5.60 Å². The van der Waals surface area contributed by atoms with E-state index in [0.717, 1.165) is 24.0 Å². The molecule has 4 rings (SSSR count). The number of hydrogen-bond acceptors (Lipinski definition) is 3. The number of halogens is 1. The molecule has 158 valence electrons. The van der Waals surface area contributed by atoms with Gasteiger partial charge in [0.05, 0.1) is 18.6 Å². The molecule has 2 aliphatic rings. The SMILES string of the molecule is O=C(Cc1ccc(F)cc1)N1CCC[C@]2(CC1)CN(Cc1ccccc1)C(=O)CO2. The maximum absolute atomic E-state index is 13.1. The first-order valence-corrected chi connectivity index (χ1v) is 10.5. The third kappa shape index (κ3) is 4.87. The standard InChI is InChI=1S/C24H27FN2O3/c25-21-9-7-19(8-10-21)15-22(28)26-13-4-11-24(12-14-26)18-27(23(29)17-30-24)16-20-5-2-1-3-6-20/h1-3,5-10H,4,11-18H2/t24-/m0/s1. The van der Waals surface area contributed by atoms with Crippen LogP contribution in [0.25, 0.3) is 0 Å². The minimum absolute atomic E-state index is 0.0120. The van der Waals surface area contributed by atoms with Gasteiger partial charge in [0, 0.05) is 19.6 Å². The van der Waals surface area contributed by atoms with Crippen LogP contribution >= 0.6 is 0 Å². The number of amides is 2. The molecule has 0 N–H and O–H groups in total. The highest BCUT2D eigenvalue weighted by atomic mass is 19.1. The molecule has 0 aromatic heterocycles. The van der Waals surface area contributed by atoms with E-state index in [1.807, 2.05) is 40.1 Å². The molecule has 2 fully saturated rings. The Bertz CT molecular complexity index is 887. The van der Waals surface area contributed by atoms with Crippen LogP contribution in [0.5, 0.6) is 0 Å². The van der Waals surface area contributed by atoms with Gasteiger partial charge in [-0.2, -0.15) is 0 Å². The Morgan fingerprint density at radius 1 is 1.00 bits per heavy atom. The molecule has 2 amide bonds. The van der Waals surface area contributed by atoms with Crippen LogP contribution in [-0.2, 0) is 27.3 Å². The van der Waals surface area contributed by atoms with E-state index in [1.54, 1.807) is 12.1 Å². The molecule has 2 saturated heterocycles. The fourth-order valence-corrected chi connectivity index (χ4v) is 4.34. The van der Waals surface area contributed by atoms with Gasteiger partial charge in [0.25, 0.3) is 0 Å². The Balaban J connectivity index is 1.38. The summed E-state index contributed by atoms with van der Waals surface area (Å²) in [5.74, 6) is -0.239. The van der Waals surface area contributed by atoms with Gasteiger partial charge in [0.2, 0.25) is 11.8 Å². The van der Waals surface area contributed by atoms with Gasteiger partial charge < -0.3 is 14.5 Å². The van der Waals surface area contributed by atoms with Crippen LogP contribution in [0, 0.1) is 5.82 Å². The van der Waals surface area contributed by atoms with E-state index in [-0.39, 0.29) is 30.7 Å². The fraction of sp³-hybridized carbons (Fsp3) is 0.417. The van der Waals surface area contributed by atoms with Crippen molar-refractivity contribution < 1.29 is 18.7 Å². The van der Waals surface area contributed by atoms with Crippen molar-refractivity contribution in [2.45, 2.75) is 37.8 Å². The average molecular weight is 410 g/mol. The van der Waals surface area contributed by atoms with Crippen LogP contribution in [0.15, 0.2) is 54.6 Å². The molecule has 1 spiro atoms. The summed E-state index contributed by atoms with van der Waals surface area (Å²) in [4.78, 5) is 28.9. The molecule has 0 radical (unpaired) electrons. The van der Waals surface area contributed by atoms with Crippen molar-refractivity contribution in [1.29, 1.82) is 0 Å². The first-order valence-electron chi connectivity index (χ1n) is 10.5. The molecule has 6 heteroatoms. The Morgan fingerprint density at radius 3 is 2.53 bits per heavy atom. The maximum atomic E-state index is 13.1. The largest absolute Gasteiger partial charge is 0.363 e. The molecular weight excluding hydrogens is 383 g/mol. The summed E-state index contributed by atoms with van der Waals surface area (Å²) in [6.07, 6.45) is 2.64. The zero-order valence-electron chi connectivity index (χ0n) is 17.1. The van der Waals surface area contributed by atoms with Gasteiger partial charge in [-0.05, 0) is 42.5 Å². The number of nitrogens with zero attached hydrogens (tertiary/aromatic N) is 2. The van der Waals surface area contributed by atoms with Crippen molar-refractivity contribution in [3.63, 3.8) is 0 Å². The van der Waals surface area contributed by atoms with Gasteiger partial charge in [-0.25, -0.2) is 4.39 Å². The van der Waals surface area contributed by atoms with Gasteiger partial charge in [0.15, 0.2) is 0 Å². The molecule has 5 nitrogen and oxygen atoms in total. The first-order chi connectivity index (χ1) is 14.5. The molecule has 2 aliphatic heterocycles. The third-order valence-corrected chi connectivity index (χ3v) is 6.07. The van der Waals surface area contributed by atoms with Crippen LogP contribution in [-0.4, -0.2) is 53.5 Å². The summed E-state index contributed by atoms with van der Waals surface area (Å²) in [6.45, 7) is 2.51. The zero-order chi connectivity index (χ0) is 21.0. The molecule has 2 aromatic carbocycles. The molecule has 0 aliphatic carbocycles. The summed E-state index contributed by atoms with van der Waals surface area (Å²) in [5.41, 5.74) is 1.52. The number of morpholine rings is 1. The van der Waals surface area contributed by atoms with Crippen molar-refractivity contribution in [3.05, 3.63) is 71.5 Å². The third-order valence-electron chi connectivity index (χ3n) is 6.07. The Kier molecular flexibility index (Phi) is 6.13. The predicted octanol–water partition coefficient (Wildman–Crippen LogP) is 3.18. The summed E-state index contributed by atoms with van der Waals surface area (Å²) < 4.78 is 19.1. The van der Waals surface area contributed by atoms with Gasteiger partial charge in [-0.1, -0.05) is 42.5 Å². The summed E-state index contributed by atoms with van der Waals surface area (Å²) in [7, 11) is 0. The van der Waals surface area contributed by atoms with Crippen molar-refractivity contribution in [1.82, 2.24) is 9.80 Å². The van der Waals surface area contributed by atoms with E-state index in [0.29, 0.717) is 32.6 Å². The summed E-state index contributed by atoms with van der Waals surface area (Å²) in [6, 6.07) is 16.1. The van der Waals surface area contributed by atoms with E-state index >= 15 is 0 Å². The van der Waals surface area contributed by atoms with E-state index in [1.165, 1.54) is 12.1 Å². The smallest absolute Gasteiger partial charge is 0.248 e. The normalized spacial score (nSPS) is 22.2. The number of carbonyl (C=O) groups is 2. The quantitative estimate of drug-likeness (QED) is 0.778. The highest BCUT2D eigenvalue weighted by molar-refractivity contribution is 5.79. The molecule has 2 aromatic rings. The van der Waals surface area contributed by atoms with Gasteiger partial charge >= 0.3 is 0 Å². The second-order valence-electron chi connectivity index (χ2n) is 8.24. The highest BCUT2D eigenvalue weighted by Gasteiger charge is 2.41. The van der Waals surface area contributed by atoms with Gasteiger partial charge in [-0.15, -0.1) is 0 Å². The lowest BCUT2D eigenvalue weighted by Crippen LogP contribution is -2.54. The minimum Gasteiger partial charge on any atom is -0.363 e. The average Bonchev–Trinajstić information content (AvgIpc) is 2.96. The van der Waals surface area contributed by atoms with Crippen molar-refractivity contribution in [2.75, 3.05) is 26.2 Å². The Hall–Kier alpha value is -2.73. The lowest BCUT2D eigenvalue weighted by molar-refractivity contribution is -0.167. The second-order valence-corrected chi connectivity index (χ2v) is 8.24. The Labute approximate surface area is 176 Å². The predicted molar refractivity (Wildman–Crippen MR) is 111 cm³/mol. The van der Waals surface area contributed by atoms with Crippen LogP contribution in [0.2, 0.25) is 0 Å². The van der Waals surface area contributed by atoms with Crippen molar-refractivity contribution >= 4 is 11.8 Å². The lowest BCUT2D eigenvalue weighted by Gasteiger charge is -2.42. The molecule has 2 heterocycles. The molecule has 0 unspecified atom stereocenters. The monoisotopic (exact) mass is 410 g/mol. The molecular formula is C24H27FN2O3. The topological polar surface area (TPSA) is 49.9 Å². The number of likely N-dealkylation sites (tertiary alicyclic amines) is 1. The second kappa shape index (κ2) is 8.96. The minimum atomic E-state index is -0.395. The fourth-order valence-electron chi connectivity index (χ4n) is 4.34. The highest BCUT2D eigenvalue weighted by Crippen LogP contribution is 2.31. The molecule has 0 bridgehead atoms. The van der Waals surface area contributed by atoms with Crippen LogP contribution in [0.3, 0.4) is 0 Å². The van der Waals surface area contributed by atoms with E-state index in [9.17, 15) is 14.0 Å². The summed E-state index contributed by atoms with van der Waals surface area (Å²) >= 11 is 0. The van der Waals surface area contributed by atoms with Crippen molar-refractivity contribution in [2.24, 2.45) is 0 Å². The van der Waals surface area contributed by atoms with Crippen LogP contribution in [0.4, 0.5) is 4.39 Å². The number of rotatable bonds is 4. The number of benzene rings is 2. The van der Waals surface area contributed by atoms with Crippen molar-refractivity contribution in [3.8, 4) is 0 Å². The number of hydrogen-bond donors (Lipinski definition) is 0. The molecule has 0 saturated carbocycles. The number of ether oxygens (including phenoxy) is 1. The Morgan fingerprint density at radius 2 is 1.77 bits per heavy atom. The molecule has 30 heavy (non-hydrogen) atoms. The first kappa shape index (κ1) is 20.5. The van der Waals surface area contributed by atoms with Crippen LogP contribution in [0.1, 0.15) is 30.4 Å². The van der Waals surface area contributed by atoms with E-state index in [4.69, 9.17) is 4.74 Å². The zero-order valence-corrected chi connectivity index (χ0v) is 17.1. The maximum Gasteiger partial charge on any atom is 0.248 e.